The van der Waals surface area contributed by atoms with Gasteiger partial charge in [0.25, 0.3) is 0 Å². The van der Waals surface area contributed by atoms with Gasteiger partial charge in [0.2, 0.25) is 0 Å². The lowest BCUT2D eigenvalue weighted by Gasteiger charge is -2.11. The Hall–Kier alpha value is -7.56. The zero-order valence-electron chi connectivity index (χ0n) is 30.4. The van der Waals surface area contributed by atoms with Crippen molar-refractivity contribution in [3.8, 4) is 56.1 Å². The van der Waals surface area contributed by atoms with Crippen LogP contribution in [-0.2, 0) is 0 Å². The number of hydrogen-bond donors (Lipinski definition) is 0. The van der Waals surface area contributed by atoms with Gasteiger partial charge in [0.05, 0.1) is 34.5 Å². The molecule has 11 aromatic rings. The quantitative estimate of drug-likeness (QED) is 0.172. The van der Waals surface area contributed by atoms with Gasteiger partial charge in [-0.05, 0) is 93.0 Å². The van der Waals surface area contributed by atoms with E-state index in [0.29, 0.717) is 0 Å². The molecule has 56 heavy (non-hydrogen) atoms. The molecule has 0 N–H and O–H groups in total. The first-order chi connectivity index (χ1) is 27.8. The first-order valence-corrected chi connectivity index (χ1v) is 19.0. The minimum absolute atomic E-state index is 0.771. The van der Waals surface area contributed by atoms with E-state index in [-0.39, 0.29) is 0 Å². The minimum Gasteiger partial charge on any atom is -0.293 e. The SMILES string of the molecule is c1ccc(-c2ccc3c(c2)c2cc(-c4ccccc4)ccc2n3-c2cnc(-n3c4ccc(-c5ccccc5)cc4c4cc(-c5ccccc5)ccc43)cn2)cc1. The fraction of sp³-hybridized carbons (Fsp3) is 0. The summed E-state index contributed by atoms with van der Waals surface area (Å²) in [7, 11) is 0. The molecule has 0 aliphatic carbocycles. The normalized spacial score (nSPS) is 11.6. The van der Waals surface area contributed by atoms with Gasteiger partial charge < -0.3 is 0 Å². The summed E-state index contributed by atoms with van der Waals surface area (Å²) in [5, 5.41) is 4.71. The van der Waals surface area contributed by atoms with Crippen LogP contribution in [0.15, 0.2) is 207 Å². The number of benzene rings is 8. The van der Waals surface area contributed by atoms with Crippen LogP contribution in [0.3, 0.4) is 0 Å². The van der Waals surface area contributed by atoms with Crippen LogP contribution in [0.25, 0.3) is 99.8 Å². The number of nitrogens with zero attached hydrogens (tertiary/aromatic N) is 4. The van der Waals surface area contributed by atoms with Gasteiger partial charge >= 0.3 is 0 Å². The second kappa shape index (κ2) is 13.1. The molecule has 8 aromatic carbocycles. The Morgan fingerprint density at radius 1 is 0.250 bits per heavy atom. The zero-order valence-corrected chi connectivity index (χ0v) is 30.4. The average molecular weight is 715 g/mol. The maximum atomic E-state index is 5.16. The van der Waals surface area contributed by atoms with Crippen LogP contribution in [0.1, 0.15) is 0 Å². The molecule has 3 heterocycles. The molecule has 4 nitrogen and oxygen atoms in total. The largest absolute Gasteiger partial charge is 0.293 e. The van der Waals surface area contributed by atoms with Crippen LogP contribution < -0.4 is 0 Å². The first-order valence-electron chi connectivity index (χ1n) is 19.0. The number of fused-ring (bicyclic) bond motifs is 6. The molecular weight excluding hydrogens is 681 g/mol. The summed E-state index contributed by atoms with van der Waals surface area (Å²) in [5.74, 6) is 1.54. The van der Waals surface area contributed by atoms with Crippen molar-refractivity contribution >= 4 is 43.6 Å². The molecule has 262 valence electrons. The van der Waals surface area contributed by atoms with Gasteiger partial charge in [-0.2, -0.15) is 0 Å². The topological polar surface area (TPSA) is 35.6 Å². The number of rotatable bonds is 6. The molecule has 0 amide bonds. The number of hydrogen-bond acceptors (Lipinski definition) is 2. The zero-order chi connectivity index (χ0) is 37.0. The Labute approximate surface area is 324 Å². The Morgan fingerprint density at radius 2 is 0.500 bits per heavy atom. The highest BCUT2D eigenvalue weighted by Crippen LogP contribution is 2.39. The molecule has 3 aromatic heterocycles. The summed E-state index contributed by atoms with van der Waals surface area (Å²) in [6.45, 7) is 0. The summed E-state index contributed by atoms with van der Waals surface area (Å²) >= 11 is 0. The van der Waals surface area contributed by atoms with Gasteiger partial charge in [-0.1, -0.05) is 146 Å². The average Bonchev–Trinajstić information content (AvgIpc) is 3.79. The molecule has 0 spiro atoms. The van der Waals surface area contributed by atoms with E-state index in [1.54, 1.807) is 0 Å². The summed E-state index contributed by atoms with van der Waals surface area (Å²) in [5.41, 5.74) is 13.8. The van der Waals surface area contributed by atoms with Crippen molar-refractivity contribution in [2.75, 3.05) is 0 Å². The van der Waals surface area contributed by atoms with Crippen LogP contribution in [0.2, 0.25) is 0 Å². The maximum absolute atomic E-state index is 5.16. The Kier molecular flexibility index (Phi) is 7.46. The third-order valence-electron chi connectivity index (χ3n) is 11.0. The van der Waals surface area contributed by atoms with Crippen molar-refractivity contribution in [1.82, 2.24) is 19.1 Å². The lowest BCUT2D eigenvalue weighted by molar-refractivity contribution is 0.989. The summed E-state index contributed by atoms with van der Waals surface area (Å²) in [4.78, 5) is 10.3. The molecule has 4 heteroatoms. The fourth-order valence-corrected chi connectivity index (χ4v) is 8.33. The van der Waals surface area contributed by atoms with Gasteiger partial charge in [-0.3, -0.25) is 9.13 Å². The molecule has 0 fully saturated rings. The second-order valence-electron chi connectivity index (χ2n) is 14.3. The molecule has 0 unspecified atom stereocenters. The van der Waals surface area contributed by atoms with E-state index in [0.717, 1.165) is 33.7 Å². The first kappa shape index (κ1) is 31.9. The molecule has 0 saturated heterocycles. The third-order valence-corrected chi connectivity index (χ3v) is 11.0. The predicted octanol–water partition coefficient (Wildman–Crippen LogP) is 13.3. The lowest BCUT2D eigenvalue weighted by atomic mass is 10.0. The van der Waals surface area contributed by atoms with Crippen molar-refractivity contribution < 1.29 is 0 Å². The van der Waals surface area contributed by atoms with Gasteiger partial charge in [0.15, 0.2) is 11.6 Å². The molecule has 0 aliphatic rings. The van der Waals surface area contributed by atoms with E-state index >= 15 is 0 Å². The smallest absolute Gasteiger partial charge is 0.156 e. The highest BCUT2D eigenvalue weighted by molar-refractivity contribution is 6.12. The van der Waals surface area contributed by atoms with Gasteiger partial charge in [0, 0.05) is 21.5 Å². The van der Waals surface area contributed by atoms with Crippen LogP contribution in [-0.4, -0.2) is 19.1 Å². The highest BCUT2D eigenvalue weighted by Gasteiger charge is 2.19. The van der Waals surface area contributed by atoms with Crippen molar-refractivity contribution in [1.29, 1.82) is 0 Å². The van der Waals surface area contributed by atoms with Crippen molar-refractivity contribution in [2.45, 2.75) is 0 Å². The van der Waals surface area contributed by atoms with Crippen LogP contribution in [0.5, 0.6) is 0 Å². The number of aromatic nitrogens is 4. The Bertz CT molecular complexity index is 2790. The summed E-state index contributed by atoms with van der Waals surface area (Å²) < 4.78 is 4.49. The molecule has 11 rings (SSSR count). The van der Waals surface area contributed by atoms with E-state index in [1.807, 2.05) is 12.4 Å². The van der Waals surface area contributed by atoms with E-state index in [4.69, 9.17) is 9.97 Å². The fourth-order valence-electron chi connectivity index (χ4n) is 8.33. The monoisotopic (exact) mass is 714 g/mol. The van der Waals surface area contributed by atoms with Crippen LogP contribution in [0, 0.1) is 0 Å². The third kappa shape index (κ3) is 5.31. The van der Waals surface area contributed by atoms with Crippen molar-refractivity contribution in [2.24, 2.45) is 0 Å². The van der Waals surface area contributed by atoms with Gasteiger partial charge in [-0.25, -0.2) is 9.97 Å². The van der Waals surface area contributed by atoms with Gasteiger partial charge in [-0.15, -0.1) is 0 Å². The van der Waals surface area contributed by atoms with E-state index in [2.05, 4.69) is 203 Å². The van der Waals surface area contributed by atoms with E-state index in [9.17, 15) is 0 Å². The van der Waals surface area contributed by atoms with Crippen LogP contribution in [0.4, 0.5) is 0 Å². The van der Waals surface area contributed by atoms with Crippen LogP contribution >= 0.6 is 0 Å². The second-order valence-corrected chi connectivity index (χ2v) is 14.3. The molecule has 0 radical (unpaired) electrons. The molecule has 0 aliphatic heterocycles. The maximum Gasteiger partial charge on any atom is 0.156 e. The van der Waals surface area contributed by atoms with E-state index in [1.165, 1.54) is 66.1 Å². The Morgan fingerprint density at radius 3 is 0.732 bits per heavy atom. The van der Waals surface area contributed by atoms with E-state index < -0.39 is 0 Å². The molecule has 0 atom stereocenters. The minimum atomic E-state index is 0.771. The Balaban J connectivity index is 1.08. The highest BCUT2D eigenvalue weighted by atomic mass is 15.1. The molecule has 0 saturated carbocycles. The molecular formula is C52H34N4. The predicted molar refractivity (Wildman–Crippen MR) is 232 cm³/mol. The molecule has 0 bridgehead atoms. The summed E-state index contributed by atoms with van der Waals surface area (Å²) in [6.07, 6.45) is 3.83. The van der Waals surface area contributed by atoms with Gasteiger partial charge in [0.1, 0.15) is 0 Å². The van der Waals surface area contributed by atoms with Crippen molar-refractivity contribution in [3.63, 3.8) is 0 Å². The lowest BCUT2D eigenvalue weighted by Crippen LogP contribution is -2.03. The van der Waals surface area contributed by atoms with Crippen molar-refractivity contribution in [3.05, 3.63) is 207 Å². The standard InChI is InChI=1S/C52H34N4/c1-5-13-35(14-6-1)39-21-25-47-43(29-39)44-30-40(36-15-7-2-8-16-36)22-26-48(44)55(47)51-33-54-52(34-53-51)56-49-27-23-41(37-17-9-3-10-18-37)31-45(49)46-32-42(24-28-50(46)56)38-19-11-4-12-20-38/h1-34H. The summed E-state index contributed by atoms with van der Waals surface area (Å²) in [6, 6.07) is 69.3.